The van der Waals surface area contributed by atoms with E-state index in [1.165, 1.54) is 4.88 Å². The summed E-state index contributed by atoms with van der Waals surface area (Å²) >= 11 is 1.76. The van der Waals surface area contributed by atoms with Crippen LogP contribution >= 0.6 is 11.3 Å². The molecule has 0 unspecified atom stereocenters. The maximum Gasteiger partial charge on any atom is 0.276 e. The zero-order valence-electron chi connectivity index (χ0n) is 14.7. The van der Waals surface area contributed by atoms with Gasteiger partial charge in [0.1, 0.15) is 5.69 Å². The van der Waals surface area contributed by atoms with Crippen LogP contribution < -0.4 is 10.6 Å². The average Bonchev–Trinajstić information content (AvgIpc) is 3.34. The van der Waals surface area contributed by atoms with Gasteiger partial charge >= 0.3 is 0 Å². The van der Waals surface area contributed by atoms with Crippen molar-refractivity contribution in [2.75, 3.05) is 19.6 Å². The molecule has 26 heavy (non-hydrogen) atoms. The molecule has 0 aromatic carbocycles. The van der Waals surface area contributed by atoms with Crippen LogP contribution in [0.3, 0.4) is 0 Å². The molecule has 3 rings (SSSR count). The molecular formula is C18H22N6OS. The summed E-state index contributed by atoms with van der Waals surface area (Å²) in [5.74, 6) is 1.89. The molecule has 8 heteroatoms. The van der Waals surface area contributed by atoms with Crippen molar-refractivity contribution >= 4 is 17.3 Å². The second-order valence-electron chi connectivity index (χ2n) is 5.50. The Balaban J connectivity index is 1.47. The molecule has 136 valence electrons. The van der Waals surface area contributed by atoms with Crippen LogP contribution in [0.2, 0.25) is 0 Å². The molecule has 0 saturated carbocycles. The third kappa shape index (κ3) is 5.38. The van der Waals surface area contributed by atoms with Crippen molar-refractivity contribution in [2.45, 2.75) is 19.8 Å². The van der Waals surface area contributed by atoms with E-state index >= 15 is 0 Å². The second kappa shape index (κ2) is 9.67. The van der Waals surface area contributed by atoms with Crippen LogP contribution in [0.15, 0.2) is 51.4 Å². The Morgan fingerprint density at radius 1 is 1.19 bits per heavy atom. The zero-order chi connectivity index (χ0) is 18.0. The smallest absolute Gasteiger partial charge is 0.276 e. The number of nitrogens with zero attached hydrogens (tertiary/aromatic N) is 4. The molecule has 0 aliphatic heterocycles. The Morgan fingerprint density at radius 2 is 2.15 bits per heavy atom. The van der Waals surface area contributed by atoms with E-state index in [0.717, 1.165) is 25.5 Å². The van der Waals surface area contributed by atoms with Crippen molar-refractivity contribution in [1.82, 2.24) is 25.8 Å². The number of hydrogen-bond acceptors (Lipinski definition) is 6. The number of nitrogens with one attached hydrogen (secondary N) is 2. The normalized spacial score (nSPS) is 11.5. The molecular weight excluding hydrogens is 348 g/mol. The number of aromatic nitrogens is 3. The molecule has 3 aromatic heterocycles. The lowest BCUT2D eigenvalue weighted by Crippen LogP contribution is -2.38. The summed E-state index contributed by atoms with van der Waals surface area (Å²) in [5.41, 5.74) is 0.683. The quantitative estimate of drug-likeness (QED) is 0.468. The number of guanidine groups is 1. The van der Waals surface area contributed by atoms with Gasteiger partial charge in [-0.25, -0.2) is 0 Å². The topological polar surface area (TPSA) is 88.2 Å². The summed E-state index contributed by atoms with van der Waals surface area (Å²) in [5, 5.41) is 12.6. The van der Waals surface area contributed by atoms with Gasteiger partial charge in [-0.15, -0.1) is 11.3 Å². The summed E-state index contributed by atoms with van der Waals surface area (Å²) in [7, 11) is 0. The molecule has 7 nitrogen and oxygen atoms in total. The van der Waals surface area contributed by atoms with E-state index < -0.39 is 0 Å². The fourth-order valence-electron chi connectivity index (χ4n) is 2.32. The molecule has 3 aromatic rings. The first-order valence-corrected chi connectivity index (χ1v) is 9.51. The average molecular weight is 370 g/mol. The molecule has 0 bridgehead atoms. The summed E-state index contributed by atoms with van der Waals surface area (Å²) < 4.78 is 5.27. The third-order valence-corrected chi connectivity index (χ3v) is 4.48. The maximum atomic E-state index is 5.27. The molecule has 0 amide bonds. The molecule has 0 spiro atoms. The largest absolute Gasteiger partial charge is 0.357 e. The van der Waals surface area contributed by atoms with Crippen LogP contribution in [-0.2, 0) is 12.8 Å². The third-order valence-electron chi connectivity index (χ3n) is 3.55. The van der Waals surface area contributed by atoms with Crippen molar-refractivity contribution in [3.63, 3.8) is 0 Å². The first-order chi connectivity index (χ1) is 12.8. The van der Waals surface area contributed by atoms with Gasteiger partial charge in [0.2, 0.25) is 0 Å². The zero-order valence-corrected chi connectivity index (χ0v) is 15.5. The lowest BCUT2D eigenvalue weighted by molar-refractivity contribution is 0.421. The van der Waals surface area contributed by atoms with Crippen molar-refractivity contribution in [1.29, 1.82) is 0 Å². The Hall–Kier alpha value is -2.74. The Kier molecular flexibility index (Phi) is 6.72. The Labute approximate surface area is 156 Å². The van der Waals surface area contributed by atoms with Gasteiger partial charge in [0.25, 0.3) is 5.89 Å². The SMILES string of the molecule is CCNC(=NCCc1cccs1)NCCc1noc(-c2ccccn2)n1. The van der Waals surface area contributed by atoms with E-state index in [2.05, 4.69) is 55.2 Å². The highest BCUT2D eigenvalue weighted by molar-refractivity contribution is 7.09. The summed E-state index contributed by atoms with van der Waals surface area (Å²) in [6, 6.07) is 9.79. The standard InChI is InChI=1S/C18H22N6OS/c1-2-19-18(21-11-8-14-6-5-13-26-14)22-12-9-16-23-17(25-24-16)15-7-3-4-10-20-15/h3-7,10,13H,2,8-9,11-12H2,1H3,(H2,19,21,22). The van der Waals surface area contributed by atoms with Gasteiger partial charge in [-0.3, -0.25) is 9.98 Å². The minimum atomic E-state index is 0.442. The monoisotopic (exact) mass is 370 g/mol. The Bertz CT molecular complexity index is 800. The van der Waals surface area contributed by atoms with Crippen LogP contribution in [0.4, 0.5) is 0 Å². The maximum absolute atomic E-state index is 5.27. The van der Waals surface area contributed by atoms with E-state index in [4.69, 9.17) is 4.52 Å². The minimum absolute atomic E-state index is 0.442. The first-order valence-electron chi connectivity index (χ1n) is 8.63. The van der Waals surface area contributed by atoms with E-state index in [0.29, 0.717) is 30.4 Å². The van der Waals surface area contributed by atoms with E-state index in [-0.39, 0.29) is 0 Å². The number of hydrogen-bond donors (Lipinski definition) is 2. The van der Waals surface area contributed by atoms with E-state index in [1.54, 1.807) is 17.5 Å². The summed E-state index contributed by atoms with van der Waals surface area (Å²) in [4.78, 5) is 14.5. The molecule has 0 saturated heterocycles. The predicted molar refractivity (Wildman–Crippen MR) is 103 cm³/mol. The molecule has 0 fully saturated rings. The lowest BCUT2D eigenvalue weighted by Gasteiger charge is -2.10. The fourth-order valence-corrected chi connectivity index (χ4v) is 3.01. The molecule has 0 aliphatic carbocycles. The van der Waals surface area contributed by atoms with Crippen LogP contribution in [-0.4, -0.2) is 40.7 Å². The number of thiophene rings is 1. The summed E-state index contributed by atoms with van der Waals surface area (Å²) in [6.45, 7) is 4.29. The number of pyridine rings is 1. The van der Waals surface area contributed by atoms with E-state index in [9.17, 15) is 0 Å². The van der Waals surface area contributed by atoms with Crippen molar-refractivity contribution in [2.24, 2.45) is 4.99 Å². The fraction of sp³-hybridized carbons (Fsp3) is 0.333. The van der Waals surface area contributed by atoms with Gasteiger partial charge in [0, 0.05) is 43.5 Å². The Morgan fingerprint density at radius 3 is 2.92 bits per heavy atom. The lowest BCUT2D eigenvalue weighted by atomic mass is 10.3. The molecule has 0 radical (unpaired) electrons. The van der Waals surface area contributed by atoms with Crippen molar-refractivity contribution in [3.05, 3.63) is 52.6 Å². The molecule has 3 heterocycles. The highest BCUT2D eigenvalue weighted by Gasteiger charge is 2.09. The number of aliphatic imine (C=N–C) groups is 1. The van der Waals surface area contributed by atoms with Crippen LogP contribution in [0, 0.1) is 0 Å². The van der Waals surface area contributed by atoms with Gasteiger partial charge in [0.15, 0.2) is 11.8 Å². The van der Waals surface area contributed by atoms with Gasteiger partial charge in [0.05, 0.1) is 0 Å². The van der Waals surface area contributed by atoms with Gasteiger partial charge in [-0.1, -0.05) is 17.3 Å². The highest BCUT2D eigenvalue weighted by atomic mass is 32.1. The van der Waals surface area contributed by atoms with Crippen LogP contribution in [0.5, 0.6) is 0 Å². The molecule has 2 N–H and O–H groups in total. The van der Waals surface area contributed by atoms with Crippen molar-refractivity contribution < 1.29 is 4.52 Å². The highest BCUT2D eigenvalue weighted by Crippen LogP contribution is 2.13. The number of rotatable bonds is 8. The second-order valence-corrected chi connectivity index (χ2v) is 6.53. The predicted octanol–water partition coefficient (Wildman–Crippen LogP) is 2.53. The van der Waals surface area contributed by atoms with E-state index in [1.807, 2.05) is 18.2 Å². The van der Waals surface area contributed by atoms with Crippen molar-refractivity contribution in [3.8, 4) is 11.6 Å². The van der Waals surface area contributed by atoms with Gasteiger partial charge in [-0.05, 0) is 30.5 Å². The molecule has 0 atom stereocenters. The molecule has 0 aliphatic rings. The van der Waals surface area contributed by atoms with Gasteiger partial charge < -0.3 is 15.2 Å². The minimum Gasteiger partial charge on any atom is -0.357 e. The summed E-state index contributed by atoms with van der Waals surface area (Å²) in [6.07, 6.45) is 3.30. The van der Waals surface area contributed by atoms with Crippen LogP contribution in [0.25, 0.3) is 11.6 Å². The van der Waals surface area contributed by atoms with Gasteiger partial charge in [-0.2, -0.15) is 4.98 Å². The first kappa shape index (κ1) is 18.1. The van der Waals surface area contributed by atoms with Crippen LogP contribution in [0.1, 0.15) is 17.6 Å².